The number of nitrogens with zero attached hydrogens (tertiary/aromatic N) is 2. The maximum atomic E-state index is 10.8. The molecule has 0 atom stereocenters. The summed E-state index contributed by atoms with van der Waals surface area (Å²) in [4.78, 5) is 21.5. The van der Waals surface area contributed by atoms with Gasteiger partial charge in [-0.2, -0.15) is 9.78 Å². The van der Waals surface area contributed by atoms with Crippen LogP contribution < -0.4 is 0 Å². The first-order valence-corrected chi connectivity index (χ1v) is 4.95. The van der Waals surface area contributed by atoms with E-state index in [4.69, 9.17) is 10.2 Å². The minimum absolute atomic E-state index is 0.0816. The van der Waals surface area contributed by atoms with Gasteiger partial charge in [0.15, 0.2) is 0 Å². The molecule has 0 aliphatic carbocycles. The van der Waals surface area contributed by atoms with Crippen LogP contribution in [0.5, 0.6) is 0 Å². The largest absolute Gasteiger partial charge is 0.478 e. The molecule has 0 amide bonds. The third-order valence-electron chi connectivity index (χ3n) is 2.06. The highest BCUT2D eigenvalue weighted by Gasteiger charge is 2.14. The summed E-state index contributed by atoms with van der Waals surface area (Å²) in [7, 11) is 0. The van der Waals surface area contributed by atoms with Crippen LogP contribution in [-0.2, 0) is 0 Å². The first kappa shape index (κ1) is 10.6. The molecule has 0 fully saturated rings. The zero-order valence-corrected chi connectivity index (χ0v) is 9.30. The lowest BCUT2D eigenvalue weighted by molar-refractivity contribution is 0.0697. The number of carboxylic acid groups (broad SMARTS) is 2. The standard InChI is InChI=1S/C9H5BrN2O4/c10-7-5-3-4(8(13)14)1-2-6(5)12(11-7)9(15)16/h1-3H,(H,13,14)(H,15,16). The predicted octanol–water partition coefficient (Wildman–Crippen LogP) is 2.02. The van der Waals surface area contributed by atoms with E-state index in [1.165, 1.54) is 18.2 Å². The molecular weight excluding hydrogens is 280 g/mol. The second-order valence-corrected chi connectivity index (χ2v) is 3.77. The SMILES string of the molecule is O=C(O)c1ccc2c(c1)c(Br)nn2C(=O)O. The van der Waals surface area contributed by atoms with E-state index in [-0.39, 0.29) is 5.56 Å². The normalized spacial score (nSPS) is 10.6. The number of fused-ring (bicyclic) bond motifs is 1. The Morgan fingerprint density at radius 2 is 2.00 bits per heavy atom. The van der Waals surface area contributed by atoms with E-state index in [2.05, 4.69) is 21.0 Å². The number of aromatic carboxylic acids is 1. The lowest BCUT2D eigenvalue weighted by atomic mass is 10.1. The van der Waals surface area contributed by atoms with E-state index in [1.807, 2.05) is 0 Å². The van der Waals surface area contributed by atoms with Gasteiger partial charge in [0.2, 0.25) is 0 Å². The molecule has 16 heavy (non-hydrogen) atoms. The Morgan fingerprint density at radius 1 is 1.31 bits per heavy atom. The third kappa shape index (κ3) is 1.54. The van der Waals surface area contributed by atoms with Crippen molar-refractivity contribution in [2.45, 2.75) is 0 Å². The summed E-state index contributed by atoms with van der Waals surface area (Å²) in [6.45, 7) is 0. The van der Waals surface area contributed by atoms with Crippen molar-refractivity contribution in [3.8, 4) is 0 Å². The molecule has 6 nitrogen and oxygen atoms in total. The molecule has 1 aromatic carbocycles. The zero-order valence-electron chi connectivity index (χ0n) is 7.72. The fourth-order valence-electron chi connectivity index (χ4n) is 1.36. The van der Waals surface area contributed by atoms with Gasteiger partial charge in [-0.15, -0.1) is 0 Å². The molecule has 2 rings (SSSR count). The van der Waals surface area contributed by atoms with Crippen LogP contribution in [0.15, 0.2) is 22.8 Å². The van der Waals surface area contributed by atoms with Gasteiger partial charge in [-0.3, -0.25) is 0 Å². The monoisotopic (exact) mass is 284 g/mol. The number of hydrogen-bond donors (Lipinski definition) is 2. The summed E-state index contributed by atoms with van der Waals surface area (Å²) in [5, 5.41) is 21.8. The Kier molecular flexibility index (Phi) is 2.39. The van der Waals surface area contributed by atoms with Crippen LogP contribution in [0, 0.1) is 0 Å². The summed E-state index contributed by atoms with van der Waals surface area (Å²) >= 11 is 3.08. The van der Waals surface area contributed by atoms with Crippen LogP contribution in [0.2, 0.25) is 0 Å². The summed E-state index contributed by atoms with van der Waals surface area (Å²) in [6, 6.07) is 4.11. The maximum absolute atomic E-state index is 10.8. The number of carboxylic acids is 1. The van der Waals surface area contributed by atoms with E-state index in [0.29, 0.717) is 15.5 Å². The lowest BCUT2D eigenvalue weighted by Crippen LogP contribution is -2.09. The lowest BCUT2D eigenvalue weighted by Gasteiger charge is -1.96. The van der Waals surface area contributed by atoms with E-state index < -0.39 is 12.1 Å². The van der Waals surface area contributed by atoms with E-state index in [9.17, 15) is 9.59 Å². The van der Waals surface area contributed by atoms with Crippen molar-refractivity contribution in [1.29, 1.82) is 0 Å². The van der Waals surface area contributed by atoms with Crippen molar-refractivity contribution in [2.75, 3.05) is 0 Å². The number of aromatic nitrogens is 2. The highest BCUT2D eigenvalue weighted by atomic mass is 79.9. The van der Waals surface area contributed by atoms with Crippen LogP contribution in [0.1, 0.15) is 10.4 Å². The van der Waals surface area contributed by atoms with Gasteiger partial charge in [0, 0.05) is 5.39 Å². The quantitative estimate of drug-likeness (QED) is 0.836. The number of carbonyl (C=O) groups is 2. The smallest absolute Gasteiger partial charge is 0.432 e. The molecule has 0 aliphatic heterocycles. The Hall–Kier alpha value is -1.89. The van der Waals surface area contributed by atoms with Crippen molar-refractivity contribution >= 4 is 38.9 Å². The van der Waals surface area contributed by atoms with Gasteiger partial charge in [0.05, 0.1) is 11.1 Å². The second-order valence-electron chi connectivity index (χ2n) is 3.02. The van der Waals surface area contributed by atoms with Crippen molar-refractivity contribution in [3.63, 3.8) is 0 Å². The van der Waals surface area contributed by atoms with E-state index in [1.54, 1.807) is 0 Å². The van der Waals surface area contributed by atoms with Gasteiger partial charge in [0.1, 0.15) is 4.60 Å². The molecule has 1 heterocycles. The summed E-state index contributed by atoms with van der Waals surface area (Å²) < 4.78 is 1.08. The fourth-order valence-corrected chi connectivity index (χ4v) is 1.84. The molecule has 7 heteroatoms. The number of benzene rings is 1. The second kappa shape index (κ2) is 3.60. The van der Waals surface area contributed by atoms with Crippen molar-refractivity contribution < 1.29 is 19.8 Å². The summed E-state index contributed by atoms with van der Waals surface area (Å²) in [5.41, 5.74) is 0.419. The predicted molar refractivity (Wildman–Crippen MR) is 57.8 cm³/mol. The van der Waals surface area contributed by atoms with Crippen LogP contribution in [0.3, 0.4) is 0 Å². The van der Waals surface area contributed by atoms with Crippen molar-refractivity contribution in [1.82, 2.24) is 9.78 Å². The van der Waals surface area contributed by atoms with Gasteiger partial charge in [-0.1, -0.05) is 0 Å². The highest BCUT2D eigenvalue weighted by molar-refractivity contribution is 9.10. The number of rotatable bonds is 1. The van der Waals surface area contributed by atoms with Crippen LogP contribution in [0.25, 0.3) is 10.9 Å². The maximum Gasteiger partial charge on any atom is 0.432 e. The van der Waals surface area contributed by atoms with Gasteiger partial charge >= 0.3 is 12.1 Å². The first-order valence-electron chi connectivity index (χ1n) is 4.15. The fraction of sp³-hybridized carbons (Fsp3) is 0. The molecule has 0 spiro atoms. The third-order valence-corrected chi connectivity index (χ3v) is 2.65. The minimum Gasteiger partial charge on any atom is -0.478 e. The summed E-state index contributed by atoms with van der Waals surface area (Å²) in [6.07, 6.45) is -1.22. The van der Waals surface area contributed by atoms with Crippen LogP contribution in [0.4, 0.5) is 4.79 Å². The average Bonchev–Trinajstić information content (AvgIpc) is 2.56. The van der Waals surface area contributed by atoms with Crippen molar-refractivity contribution in [3.05, 3.63) is 28.4 Å². The molecular formula is C9H5BrN2O4. The molecule has 0 aliphatic rings. The molecule has 0 saturated heterocycles. The Morgan fingerprint density at radius 3 is 2.56 bits per heavy atom. The molecule has 82 valence electrons. The molecule has 0 radical (unpaired) electrons. The van der Waals surface area contributed by atoms with Gasteiger partial charge in [0.25, 0.3) is 0 Å². The van der Waals surface area contributed by atoms with E-state index in [0.717, 1.165) is 4.68 Å². The van der Waals surface area contributed by atoms with E-state index >= 15 is 0 Å². The molecule has 0 bridgehead atoms. The van der Waals surface area contributed by atoms with Gasteiger partial charge in [-0.25, -0.2) is 9.59 Å². The first-order chi connectivity index (χ1) is 7.50. The Balaban J connectivity index is 2.76. The Labute approximate surface area is 97.2 Å². The zero-order chi connectivity index (χ0) is 11.9. The summed E-state index contributed by atoms with van der Waals surface area (Å²) in [5.74, 6) is -1.07. The van der Waals surface area contributed by atoms with Gasteiger partial charge < -0.3 is 10.2 Å². The van der Waals surface area contributed by atoms with Gasteiger partial charge in [-0.05, 0) is 34.1 Å². The highest BCUT2D eigenvalue weighted by Crippen LogP contribution is 2.24. The topological polar surface area (TPSA) is 92.4 Å². The van der Waals surface area contributed by atoms with Crippen molar-refractivity contribution in [2.24, 2.45) is 0 Å². The van der Waals surface area contributed by atoms with Crippen LogP contribution >= 0.6 is 15.9 Å². The molecule has 2 N–H and O–H groups in total. The number of halogens is 1. The molecule has 2 aromatic rings. The molecule has 0 unspecified atom stereocenters. The minimum atomic E-state index is -1.22. The average molecular weight is 285 g/mol. The molecule has 1 aromatic heterocycles. The number of hydrogen-bond acceptors (Lipinski definition) is 3. The Bertz CT molecular complexity index is 605. The molecule has 0 saturated carbocycles. The van der Waals surface area contributed by atoms with Crippen LogP contribution in [-0.4, -0.2) is 32.1 Å².